The summed E-state index contributed by atoms with van der Waals surface area (Å²) in [4.78, 5) is 12.4. The molecule has 0 aliphatic heterocycles. The fourth-order valence-corrected chi connectivity index (χ4v) is 3.89. The standard InChI is InChI=1S/C18H25NO2/c20-12-11-18(9-4-10-18)19-17(21)13-15-7-3-6-14-5-1-2-8-16(14)15/h1-2,5,8,15,20H,3-4,6-7,9-13H2,(H,19,21)/t15-/m1/s1. The molecule has 1 saturated carbocycles. The Morgan fingerprint density at radius 2 is 2.10 bits per heavy atom. The molecule has 3 heteroatoms. The Labute approximate surface area is 126 Å². The Bertz CT molecular complexity index is 508. The van der Waals surface area contributed by atoms with Gasteiger partial charge in [0.1, 0.15) is 0 Å². The normalized spacial score (nSPS) is 23.0. The number of aliphatic hydroxyl groups is 1. The molecule has 1 fully saturated rings. The van der Waals surface area contributed by atoms with Crippen molar-refractivity contribution in [3.63, 3.8) is 0 Å². The number of amides is 1. The lowest BCUT2D eigenvalue weighted by Gasteiger charge is -2.42. The van der Waals surface area contributed by atoms with Crippen molar-refractivity contribution in [3.8, 4) is 0 Å². The van der Waals surface area contributed by atoms with E-state index in [0.717, 1.165) is 32.1 Å². The third kappa shape index (κ3) is 3.13. The number of benzene rings is 1. The average molecular weight is 287 g/mol. The van der Waals surface area contributed by atoms with Gasteiger partial charge in [-0.1, -0.05) is 24.3 Å². The molecule has 21 heavy (non-hydrogen) atoms. The SMILES string of the molecule is O=C(C[C@H]1CCCc2ccccc21)NC1(CCO)CCC1. The van der Waals surface area contributed by atoms with E-state index in [1.54, 1.807) is 0 Å². The number of carbonyl (C=O) groups excluding carboxylic acids is 1. The quantitative estimate of drug-likeness (QED) is 0.875. The zero-order valence-electron chi connectivity index (χ0n) is 12.6. The first-order valence-corrected chi connectivity index (χ1v) is 8.22. The van der Waals surface area contributed by atoms with Crippen LogP contribution in [0.5, 0.6) is 0 Å². The minimum absolute atomic E-state index is 0.111. The van der Waals surface area contributed by atoms with Crippen LogP contribution in [-0.4, -0.2) is 23.2 Å². The van der Waals surface area contributed by atoms with Crippen molar-refractivity contribution in [2.75, 3.05) is 6.61 Å². The number of nitrogens with one attached hydrogen (secondary N) is 1. The van der Waals surface area contributed by atoms with E-state index in [9.17, 15) is 9.90 Å². The van der Waals surface area contributed by atoms with Crippen molar-refractivity contribution in [2.24, 2.45) is 0 Å². The van der Waals surface area contributed by atoms with E-state index < -0.39 is 0 Å². The second kappa shape index (κ2) is 6.18. The molecule has 0 spiro atoms. The highest BCUT2D eigenvalue weighted by molar-refractivity contribution is 5.78. The van der Waals surface area contributed by atoms with E-state index in [0.29, 0.717) is 18.8 Å². The van der Waals surface area contributed by atoms with Gasteiger partial charge in [-0.2, -0.15) is 0 Å². The minimum atomic E-state index is -0.111. The molecule has 2 N–H and O–H groups in total. The maximum Gasteiger partial charge on any atom is 0.221 e. The van der Waals surface area contributed by atoms with Gasteiger partial charge in [0, 0.05) is 18.6 Å². The molecule has 0 heterocycles. The number of aliphatic hydroxyl groups excluding tert-OH is 1. The molecule has 1 atom stereocenters. The molecule has 0 unspecified atom stereocenters. The van der Waals surface area contributed by atoms with Gasteiger partial charge < -0.3 is 10.4 Å². The van der Waals surface area contributed by atoms with Crippen LogP contribution in [0.15, 0.2) is 24.3 Å². The molecule has 2 aliphatic rings. The van der Waals surface area contributed by atoms with Gasteiger partial charge in [0.05, 0.1) is 0 Å². The zero-order valence-corrected chi connectivity index (χ0v) is 12.6. The third-order valence-electron chi connectivity index (χ3n) is 5.23. The molecule has 114 valence electrons. The summed E-state index contributed by atoms with van der Waals surface area (Å²) in [5.41, 5.74) is 2.67. The smallest absolute Gasteiger partial charge is 0.221 e. The summed E-state index contributed by atoms with van der Waals surface area (Å²) in [6.45, 7) is 0.159. The molecule has 2 aliphatic carbocycles. The van der Waals surface area contributed by atoms with Crippen LogP contribution in [0.3, 0.4) is 0 Å². The summed E-state index contributed by atoms with van der Waals surface area (Å²) in [5.74, 6) is 0.519. The van der Waals surface area contributed by atoms with Gasteiger partial charge in [-0.3, -0.25) is 4.79 Å². The average Bonchev–Trinajstić information content (AvgIpc) is 2.45. The summed E-state index contributed by atoms with van der Waals surface area (Å²) < 4.78 is 0. The summed E-state index contributed by atoms with van der Waals surface area (Å²) in [5, 5.41) is 12.4. The van der Waals surface area contributed by atoms with Crippen molar-refractivity contribution in [3.05, 3.63) is 35.4 Å². The molecule has 3 nitrogen and oxygen atoms in total. The number of rotatable bonds is 5. The van der Waals surface area contributed by atoms with Crippen LogP contribution in [0.2, 0.25) is 0 Å². The first-order chi connectivity index (χ1) is 10.2. The topological polar surface area (TPSA) is 49.3 Å². The van der Waals surface area contributed by atoms with Crippen LogP contribution in [0, 0.1) is 0 Å². The summed E-state index contributed by atoms with van der Waals surface area (Å²) in [7, 11) is 0. The first kappa shape index (κ1) is 14.6. The fraction of sp³-hybridized carbons (Fsp3) is 0.611. The molecule has 1 aromatic rings. The van der Waals surface area contributed by atoms with Gasteiger partial charge in [-0.25, -0.2) is 0 Å². The predicted molar refractivity (Wildman–Crippen MR) is 83.2 cm³/mol. The fourth-order valence-electron chi connectivity index (χ4n) is 3.89. The van der Waals surface area contributed by atoms with Crippen molar-refractivity contribution in [2.45, 2.75) is 62.8 Å². The van der Waals surface area contributed by atoms with Crippen LogP contribution in [0.1, 0.15) is 62.0 Å². The van der Waals surface area contributed by atoms with Crippen LogP contribution < -0.4 is 5.32 Å². The molecule has 0 saturated heterocycles. The molecule has 1 aromatic carbocycles. The number of hydrogen-bond donors (Lipinski definition) is 2. The molecule has 1 amide bonds. The Balaban J connectivity index is 1.63. The molecule has 0 radical (unpaired) electrons. The largest absolute Gasteiger partial charge is 0.396 e. The van der Waals surface area contributed by atoms with Crippen molar-refractivity contribution in [1.82, 2.24) is 5.32 Å². The lowest BCUT2D eigenvalue weighted by Crippen LogP contribution is -2.54. The highest BCUT2D eigenvalue weighted by Gasteiger charge is 2.38. The maximum absolute atomic E-state index is 12.4. The molecule has 0 bridgehead atoms. The van der Waals surface area contributed by atoms with Crippen LogP contribution in [-0.2, 0) is 11.2 Å². The van der Waals surface area contributed by atoms with Crippen LogP contribution in [0.25, 0.3) is 0 Å². The van der Waals surface area contributed by atoms with Gasteiger partial charge in [-0.05, 0) is 62.0 Å². The molecular formula is C18H25NO2. The molecule has 0 aromatic heterocycles. The number of hydrogen-bond acceptors (Lipinski definition) is 2. The van der Waals surface area contributed by atoms with Gasteiger partial charge >= 0.3 is 0 Å². The van der Waals surface area contributed by atoms with Crippen molar-refractivity contribution in [1.29, 1.82) is 0 Å². The Kier molecular flexibility index (Phi) is 4.29. The maximum atomic E-state index is 12.4. The van der Waals surface area contributed by atoms with Crippen LogP contribution in [0.4, 0.5) is 0 Å². The molecule has 3 rings (SSSR count). The summed E-state index contributed by atoms with van der Waals surface area (Å²) >= 11 is 0. The number of aryl methyl sites for hydroxylation is 1. The zero-order chi connectivity index (χ0) is 14.7. The summed E-state index contributed by atoms with van der Waals surface area (Å²) in [6, 6.07) is 8.54. The number of carbonyl (C=O) groups is 1. The Morgan fingerprint density at radius 1 is 1.29 bits per heavy atom. The van der Waals surface area contributed by atoms with Gasteiger partial charge in [0.25, 0.3) is 0 Å². The van der Waals surface area contributed by atoms with Crippen molar-refractivity contribution < 1.29 is 9.90 Å². The third-order valence-corrected chi connectivity index (χ3v) is 5.23. The van der Waals surface area contributed by atoms with E-state index in [2.05, 4.69) is 29.6 Å². The first-order valence-electron chi connectivity index (χ1n) is 8.22. The summed E-state index contributed by atoms with van der Waals surface area (Å²) in [6.07, 6.45) is 7.90. The minimum Gasteiger partial charge on any atom is -0.396 e. The number of fused-ring (bicyclic) bond motifs is 1. The second-order valence-electron chi connectivity index (χ2n) is 6.65. The monoisotopic (exact) mass is 287 g/mol. The van der Waals surface area contributed by atoms with Crippen LogP contribution >= 0.6 is 0 Å². The highest BCUT2D eigenvalue weighted by atomic mass is 16.3. The van der Waals surface area contributed by atoms with E-state index in [4.69, 9.17) is 0 Å². The molecular weight excluding hydrogens is 262 g/mol. The lowest BCUT2D eigenvalue weighted by atomic mass is 9.74. The van der Waals surface area contributed by atoms with E-state index >= 15 is 0 Å². The van der Waals surface area contributed by atoms with E-state index in [1.807, 2.05) is 0 Å². The van der Waals surface area contributed by atoms with Gasteiger partial charge in [0.15, 0.2) is 0 Å². The Morgan fingerprint density at radius 3 is 2.81 bits per heavy atom. The van der Waals surface area contributed by atoms with E-state index in [-0.39, 0.29) is 18.1 Å². The van der Waals surface area contributed by atoms with Gasteiger partial charge in [-0.15, -0.1) is 0 Å². The van der Waals surface area contributed by atoms with E-state index in [1.165, 1.54) is 17.5 Å². The second-order valence-corrected chi connectivity index (χ2v) is 6.65. The highest BCUT2D eigenvalue weighted by Crippen LogP contribution is 2.37. The van der Waals surface area contributed by atoms with Gasteiger partial charge in [0.2, 0.25) is 5.91 Å². The predicted octanol–water partition coefficient (Wildman–Crippen LogP) is 2.92. The lowest BCUT2D eigenvalue weighted by molar-refractivity contribution is -0.124. The van der Waals surface area contributed by atoms with Crippen molar-refractivity contribution >= 4 is 5.91 Å². The Hall–Kier alpha value is -1.35.